The van der Waals surface area contributed by atoms with Crippen molar-refractivity contribution in [2.45, 2.75) is 46.1 Å². The highest BCUT2D eigenvalue weighted by Gasteiger charge is 2.19. The Bertz CT molecular complexity index is 595. The molecular formula is C16H20F2N2. The lowest BCUT2D eigenvalue weighted by Crippen LogP contribution is -2.13. The van der Waals surface area contributed by atoms with Crippen LogP contribution in [0.25, 0.3) is 11.3 Å². The minimum absolute atomic E-state index is 0.0473. The van der Waals surface area contributed by atoms with Gasteiger partial charge in [0.15, 0.2) is 0 Å². The Kier molecular flexibility index (Phi) is 3.93. The molecule has 0 saturated heterocycles. The molecule has 1 aromatic carbocycles. The van der Waals surface area contributed by atoms with Crippen molar-refractivity contribution in [1.82, 2.24) is 9.78 Å². The summed E-state index contributed by atoms with van der Waals surface area (Å²) in [6.07, 6.45) is -0.783. The third kappa shape index (κ3) is 3.06. The summed E-state index contributed by atoms with van der Waals surface area (Å²) in [7, 11) is 0. The van der Waals surface area contributed by atoms with E-state index in [9.17, 15) is 8.78 Å². The number of nitrogens with zero attached hydrogens (tertiary/aromatic N) is 2. The van der Waals surface area contributed by atoms with Crippen LogP contribution in [0.15, 0.2) is 30.5 Å². The summed E-state index contributed by atoms with van der Waals surface area (Å²) in [5, 5.41) is 4.24. The lowest BCUT2D eigenvalue weighted by molar-refractivity contribution is 0.122. The van der Waals surface area contributed by atoms with Gasteiger partial charge in [-0.25, -0.2) is 8.78 Å². The van der Waals surface area contributed by atoms with E-state index in [0.717, 1.165) is 16.8 Å². The smallest absolute Gasteiger partial charge is 0.257 e. The zero-order chi connectivity index (χ0) is 14.9. The van der Waals surface area contributed by atoms with E-state index in [4.69, 9.17) is 0 Å². The summed E-state index contributed by atoms with van der Waals surface area (Å²) in [6, 6.07) is 7.88. The van der Waals surface area contributed by atoms with Crippen molar-refractivity contribution in [1.29, 1.82) is 0 Å². The molecule has 0 amide bonds. The van der Waals surface area contributed by atoms with E-state index in [1.54, 1.807) is 12.3 Å². The van der Waals surface area contributed by atoms with Gasteiger partial charge in [-0.2, -0.15) is 5.10 Å². The van der Waals surface area contributed by atoms with Crippen LogP contribution in [0.1, 0.15) is 31.9 Å². The van der Waals surface area contributed by atoms with Gasteiger partial charge in [0.1, 0.15) is 6.54 Å². The first-order valence-corrected chi connectivity index (χ1v) is 6.71. The van der Waals surface area contributed by atoms with E-state index >= 15 is 0 Å². The molecule has 2 aromatic rings. The Morgan fingerprint density at radius 3 is 2.50 bits per heavy atom. The molecule has 0 radical (unpaired) electrons. The summed E-state index contributed by atoms with van der Waals surface area (Å²) >= 11 is 0. The molecule has 0 saturated carbocycles. The van der Waals surface area contributed by atoms with Crippen molar-refractivity contribution >= 4 is 0 Å². The van der Waals surface area contributed by atoms with Crippen LogP contribution in [-0.4, -0.2) is 16.2 Å². The molecule has 108 valence electrons. The third-order valence-corrected chi connectivity index (χ3v) is 3.38. The molecule has 0 aliphatic heterocycles. The van der Waals surface area contributed by atoms with Crippen molar-refractivity contribution in [3.05, 3.63) is 41.6 Å². The van der Waals surface area contributed by atoms with Gasteiger partial charge in [0, 0.05) is 11.8 Å². The molecule has 4 heteroatoms. The molecule has 0 unspecified atom stereocenters. The SMILES string of the molecule is Cc1c(-c2ccn(CC(F)F)n2)cccc1C(C)(C)C. The Labute approximate surface area is 118 Å². The maximum atomic E-state index is 12.4. The molecule has 20 heavy (non-hydrogen) atoms. The van der Waals surface area contributed by atoms with Gasteiger partial charge in [-0.15, -0.1) is 0 Å². The summed E-state index contributed by atoms with van der Waals surface area (Å²) in [6.45, 7) is 8.18. The quantitative estimate of drug-likeness (QED) is 0.812. The number of hydrogen-bond donors (Lipinski definition) is 0. The lowest BCUT2D eigenvalue weighted by Gasteiger charge is -2.23. The zero-order valence-corrected chi connectivity index (χ0v) is 12.3. The highest BCUT2D eigenvalue weighted by Crippen LogP contribution is 2.31. The standard InChI is InChI=1S/C16H20F2N2/c1-11-12(6-5-7-13(11)16(2,3)4)14-8-9-20(19-14)10-15(17)18/h5-9,15H,10H2,1-4H3. The van der Waals surface area contributed by atoms with E-state index in [1.165, 1.54) is 10.2 Å². The van der Waals surface area contributed by atoms with Crippen molar-refractivity contribution in [3.63, 3.8) is 0 Å². The number of hydrogen-bond acceptors (Lipinski definition) is 1. The first-order chi connectivity index (χ1) is 9.29. The number of aromatic nitrogens is 2. The second-order valence-electron chi connectivity index (χ2n) is 6.04. The molecule has 0 aliphatic carbocycles. The maximum Gasteiger partial charge on any atom is 0.257 e. The summed E-state index contributed by atoms with van der Waals surface area (Å²) in [5.74, 6) is 0. The molecular weight excluding hydrogens is 258 g/mol. The molecule has 1 heterocycles. The molecule has 1 aromatic heterocycles. The minimum Gasteiger partial charge on any atom is -0.266 e. The summed E-state index contributed by atoms with van der Waals surface area (Å²) < 4.78 is 26.0. The average Bonchev–Trinajstić information content (AvgIpc) is 2.75. The van der Waals surface area contributed by atoms with Crippen LogP contribution in [0.3, 0.4) is 0 Å². The average molecular weight is 278 g/mol. The Morgan fingerprint density at radius 1 is 1.20 bits per heavy atom. The fraction of sp³-hybridized carbons (Fsp3) is 0.438. The molecule has 0 fully saturated rings. The molecule has 0 spiro atoms. The van der Waals surface area contributed by atoms with Crippen LogP contribution in [-0.2, 0) is 12.0 Å². The second-order valence-corrected chi connectivity index (χ2v) is 6.04. The molecule has 0 atom stereocenters. The van der Waals surface area contributed by atoms with E-state index in [-0.39, 0.29) is 12.0 Å². The fourth-order valence-electron chi connectivity index (χ4n) is 2.47. The second kappa shape index (κ2) is 5.35. The highest BCUT2D eigenvalue weighted by atomic mass is 19.3. The topological polar surface area (TPSA) is 17.8 Å². The van der Waals surface area contributed by atoms with Gasteiger partial charge in [0.25, 0.3) is 6.43 Å². The number of benzene rings is 1. The predicted molar refractivity (Wildman–Crippen MR) is 77.1 cm³/mol. The Hall–Kier alpha value is -1.71. The van der Waals surface area contributed by atoms with Gasteiger partial charge in [0.2, 0.25) is 0 Å². The van der Waals surface area contributed by atoms with Crippen molar-refractivity contribution in [3.8, 4) is 11.3 Å². The normalized spacial score (nSPS) is 12.2. The van der Waals surface area contributed by atoms with Gasteiger partial charge in [0.05, 0.1) is 5.69 Å². The van der Waals surface area contributed by atoms with E-state index in [1.807, 2.05) is 12.1 Å². The maximum absolute atomic E-state index is 12.4. The minimum atomic E-state index is -2.38. The van der Waals surface area contributed by atoms with Crippen LogP contribution in [0, 0.1) is 6.92 Å². The van der Waals surface area contributed by atoms with Gasteiger partial charge in [-0.3, -0.25) is 4.68 Å². The largest absolute Gasteiger partial charge is 0.266 e. The van der Waals surface area contributed by atoms with E-state index < -0.39 is 6.43 Å². The Balaban J connectivity index is 2.41. The van der Waals surface area contributed by atoms with Gasteiger partial charge < -0.3 is 0 Å². The lowest BCUT2D eigenvalue weighted by atomic mass is 9.82. The monoisotopic (exact) mass is 278 g/mol. The molecule has 0 N–H and O–H groups in total. The predicted octanol–water partition coefficient (Wildman–Crippen LogP) is 4.42. The molecule has 0 bridgehead atoms. The number of rotatable bonds is 3. The van der Waals surface area contributed by atoms with Gasteiger partial charge in [-0.1, -0.05) is 39.0 Å². The van der Waals surface area contributed by atoms with Gasteiger partial charge >= 0.3 is 0 Å². The Morgan fingerprint density at radius 2 is 1.90 bits per heavy atom. The van der Waals surface area contributed by atoms with Crippen LogP contribution in [0.5, 0.6) is 0 Å². The summed E-state index contributed by atoms with van der Waals surface area (Å²) in [4.78, 5) is 0. The van der Waals surface area contributed by atoms with Crippen molar-refractivity contribution in [2.75, 3.05) is 0 Å². The molecule has 2 rings (SSSR count). The van der Waals surface area contributed by atoms with Crippen molar-refractivity contribution in [2.24, 2.45) is 0 Å². The van der Waals surface area contributed by atoms with E-state index in [2.05, 4.69) is 38.9 Å². The first kappa shape index (κ1) is 14.7. The van der Waals surface area contributed by atoms with Crippen LogP contribution in [0.4, 0.5) is 8.78 Å². The number of alkyl halides is 2. The van der Waals surface area contributed by atoms with Crippen LogP contribution < -0.4 is 0 Å². The van der Waals surface area contributed by atoms with Crippen molar-refractivity contribution < 1.29 is 8.78 Å². The summed E-state index contributed by atoms with van der Waals surface area (Å²) in [5.41, 5.74) is 4.20. The van der Waals surface area contributed by atoms with Gasteiger partial charge in [-0.05, 0) is 29.5 Å². The molecule has 0 aliphatic rings. The fourth-order valence-corrected chi connectivity index (χ4v) is 2.47. The first-order valence-electron chi connectivity index (χ1n) is 6.71. The third-order valence-electron chi connectivity index (χ3n) is 3.38. The zero-order valence-electron chi connectivity index (χ0n) is 12.3. The van der Waals surface area contributed by atoms with Crippen LogP contribution in [0.2, 0.25) is 0 Å². The van der Waals surface area contributed by atoms with Crippen LogP contribution >= 0.6 is 0 Å². The molecule has 2 nitrogen and oxygen atoms in total. The highest BCUT2D eigenvalue weighted by molar-refractivity contribution is 5.65. The number of halogens is 2. The van der Waals surface area contributed by atoms with E-state index in [0.29, 0.717) is 0 Å².